The van der Waals surface area contributed by atoms with E-state index >= 15 is 0 Å². The van der Waals surface area contributed by atoms with Crippen LogP contribution in [0.4, 0.5) is 11.4 Å². The Hall–Kier alpha value is -3.91. The zero-order chi connectivity index (χ0) is 31.6. The summed E-state index contributed by atoms with van der Waals surface area (Å²) in [4.78, 5) is 44.4. The topological polar surface area (TPSA) is 94.3 Å². The number of carboxylic acid groups (broad SMARTS) is 1. The fourth-order valence-corrected chi connectivity index (χ4v) is 6.98. The first-order valence-corrected chi connectivity index (χ1v) is 16.6. The molecule has 1 saturated carbocycles. The SMILES string of the molecule is Cc1ccc(N(C(=O)c2ccco2)C2CCN(CCCc3ccccc3N(CC(=O)O)C(=O)CCC3CCCCC3)CC2)cc1. The van der Waals surface area contributed by atoms with Crippen LogP contribution in [0.3, 0.4) is 0 Å². The van der Waals surface area contributed by atoms with Crippen molar-refractivity contribution in [1.29, 1.82) is 0 Å². The summed E-state index contributed by atoms with van der Waals surface area (Å²) in [6.45, 7) is 4.38. The molecule has 8 heteroatoms. The first-order chi connectivity index (χ1) is 21.9. The zero-order valence-corrected chi connectivity index (χ0v) is 26.5. The zero-order valence-electron chi connectivity index (χ0n) is 26.5. The molecule has 3 aromatic rings. The molecule has 1 aromatic heterocycles. The lowest BCUT2D eigenvalue weighted by atomic mass is 9.86. The number of aryl methyl sites for hydroxylation is 2. The fraction of sp³-hybridized carbons (Fsp3) is 0.486. The first kappa shape index (κ1) is 32.5. The minimum absolute atomic E-state index is 0.0754. The summed E-state index contributed by atoms with van der Waals surface area (Å²) in [5.41, 5.74) is 3.76. The number of carbonyl (C=O) groups excluding carboxylic acids is 2. The monoisotopic (exact) mass is 613 g/mol. The molecule has 2 aromatic carbocycles. The van der Waals surface area contributed by atoms with Crippen molar-refractivity contribution in [1.82, 2.24) is 4.90 Å². The van der Waals surface area contributed by atoms with Gasteiger partial charge in [-0.3, -0.25) is 14.4 Å². The maximum Gasteiger partial charge on any atom is 0.323 e. The number of para-hydroxylation sites is 1. The molecule has 1 aliphatic heterocycles. The minimum Gasteiger partial charge on any atom is -0.480 e. The molecule has 0 atom stereocenters. The predicted molar refractivity (Wildman–Crippen MR) is 177 cm³/mol. The molecular formula is C37H47N3O5. The van der Waals surface area contributed by atoms with Crippen LogP contribution in [0.15, 0.2) is 71.3 Å². The summed E-state index contributed by atoms with van der Waals surface area (Å²) in [5, 5.41) is 9.65. The Morgan fingerprint density at radius 1 is 0.911 bits per heavy atom. The summed E-state index contributed by atoms with van der Waals surface area (Å²) in [5.74, 6) is -0.288. The van der Waals surface area contributed by atoms with E-state index in [1.807, 2.05) is 60.4 Å². The lowest BCUT2D eigenvalue weighted by Crippen LogP contribution is -2.47. The number of hydrogen-bond acceptors (Lipinski definition) is 5. The number of likely N-dealkylation sites (tertiary alicyclic amines) is 1. The highest BCUT2D eigenvalue weighted by Gasteiger charge is 2.31. The van der Waals surface area contributed by atoms with Crippen LogP contribution < -0.4 is 9.80 Å². The van der Waals surface area contributed by atoms with E-state index in [0.717, 1.165) is 74.2 Å². The molecule has 2 aliphatic rings. The third kappa shape index (κ3) is 8.85. The van der Waals surface area contributed by atoms with E-state index in [4.69, 9.17) is 4.42 Å². The number of anilines is 2. The van der Waals surface area contributed by atoms with Crippen LogP contribution in [-0.4, -0.2) is 60.0 Å². The van der Waals surface area contributed by atoms with Gasteiger partial charge in [0.2, 0.25) is 5.91 Å². The van der Waals surface area contributed by atoms with Crippen molar-refractivity contribution >= 4 is 29.2 Å². The van der Waals surface area contributed by atoms with Gasteiger partial charge in [-0.15, -0.1) is 0 Å². The number of piperidine rings is 1. The van der Waals surface area contributed by atoms with E-state index in [0.29, 0.717) is 18.1 Å². The Balaban J connectivity index is 1.17. The number of benzene rings is 2. The van der Waals surface area contributed by atoms with Gasteiger partial charge in [0.05, 0.1) is 6.26 Å². The van der Waals surface area contributed by atoms with Gasteiger partial charge in [-0.25, -0.2) is 0 Å². The Bertz CT molecular complexity index is 1390. The molecular weight excluding hydrogens is 566 g/mol. The lowest BCUT2D eigenvalue weighted by molar-refractivity contribution is -0.136. The average Bonchev–Trinajstić information content (AvgIpc) is 3.60. The van der Waals surface area contributed by atoms with Gasteiger partial charge in [0.1, 0.15) is 6.54 Å². The van der Waals surface area contributed by atoms with Gasteiger partial charge in [0.15, 0.2) is 5.76 Å². The van der Waals surface area contributed by atoms with E-state index < -0.39 is 5.97 Å². The molecule has 240 valence electrons. The van der Waals surface area contributed by atoms with Crippen molar-refractivity contribution in [3.05, 3.63) is 83.8 Å². The Morgan fingerprint density at radius 3 is 2.33 bits per heavy atom. The number of amides is 2. The fourth-order valence-electron chi connectivity index (χ4n) is 6.98. The predicted octanol–water partition coefficient (Wildman–Crippen LogP) is 7.11. The highest BCUT2D eigenvalue weighted by atomic mass is 16.4. The molecule has 0 radical (unpaired) electrons. The van der Waals surface area contributed by atoms with Gasteiger partial charge in [-0.2, -0.15) is 0 Å². The number of nitrogens with zero attached hydrogens (tertiary/aromatic N) is 3. The van der Waals surface area contributed by atoms with Crippen molar-refractivity contribution in [3.8, 4) is 0 Å². The van der Waals surface area contributed by atoms with E-state index in [-0.39, 0.29) is 24.4 Å². The average molecular weight is 614 g/mol. The van der Waals surface area contributed by atoms with Crippen LogP contribution in [-0.2, 0) is 16.0 Å². The Morgan fingerprint density at radius 2 is 1.64 bits per heavy atom. The highest BCUT2D eigenvalue weighted by molar-refractivity contribution is 6.04. The smallest absolute Gasteiger partial charge is 0.323 e. The second kappa shape index (κ2) is 15.9. The van der Waals surface area contributed by atoms with E-state index in [9.17, 15) is 19.5 Å². The number of aliphatic carboxylic acids is 1. The van der Waals surface area contributed by atoms with Gasteiger partial charge < -0.3 is 24.2 Å². The third-order valence-corrected chi connectivity index (χ3v) is 9.47. The lowest BCUT2D eigenvalue weighted by Gasteiger charge is -2.38. The maximum atomic E-state index is 13.5. The molecule has 2 fully saturated rings. The van der Waals surface area contributed by atoms with Crippen molar-refractivity contribution in [2.24, 2.45) is 5.92 Å². The molecule has 45 heavy (non-hydrogen) atoms. The molecule has 1 N–H and O–H groups in total. The molecule has 0 bridgehead atoms. The van der Waals surface area contributed by atoms with Gasteiger partial charge in [-0.1, -0.05) is 68.0 Å². The van der Waals surface area contributed by atoms with Crippen LogP contribution in [0.1, 0.15) is 85.9 Å². The molecule has 5 rings (SSSR count). The first-order valence-electron chi connectivity index (χ1n) is 16.6. The van der Waals surface area contributed by atoms with E-state index in [1.54, 1.807) is 12.1 Å². The molecule has 0 unspecified atom stereocenters. The van der Waals surface area contributed by atoms with Gasteiger partial charge in [-0.05, 0) is 87.4 Å². The summed E-state index contributed by atoms with van der Waals surface area (Å²) in [6, 6.07) is 19.4. The summed E-state index contributed by atoms with van der Waals surface area (Å²) in [7, 11) is 0. The number of hydrogen-bond donors (Lipinski definition) is 1. The number of rotatable bonds is 13. The van der Waals surface area contributed by atoms with E-state index in [1.165, 1.54) is 43.3 Å². The van der Waals surface area contributed by atoms with Gasteiger partial charge >= 0.3 is 5.97 Å². The molecule has 1 aliphatic carbocycles. The molecule has 0 spiro atoms. The number of carbonyl (C=O) groups is 3. The van der Waals surface area contributed by atoms with Gasteiger partial charge in [0, 0.05) is 36.9 Å². The van der Waals surface area contributed by atoms with Crippen molar-refractivity contribution < 1.29 is 23.9 Å². The van der Waals surface area contributed by atoms with Crippen LogP contribution in [0, 0.1) is 12.8 Å². The van der Waals surface area contributed by atoms with Crippen LogP contribution >= 0.6 is 0 Å². The standard InChI is InChI=1S/C37H47N3O5/c1-28-15-18-31(19-16-28)40(37(44)34-14-8-26-45-34)32-21-24-38(25-22-32)23-7-12-30-11-5-6-13-33(30)39(27-36(42)43)35(41)20-17-29-9-3-2-4-10-29/h5-6,8,11,13-16,18-19,26,29,32H,2-4,7,9-10,12,17,20-25,27H2,1H3,(H,42,43). The molecule has 8 nitrogen and oxygen atoms in total. The minimum atomic E-state index is -0.996. The third-order valence-electron chi connectivity index (χ3n) is 9.47. The summed E-state index contributed by atoms with van der Waals surface area (Å²) >= 11 is 0. The highest BCUT2D eigenvalue weighted by Crippen LogP contribution is 2.30. The van der Waals surface area contributed by atoms with Gasteiger partial charge in [0.25, 0.3) is 5.91 Å². The molecule has 1 saturated heterocycles. The summed E-state index contributed by atoms with van der Waals surface area (Å²) in [6.07, 6.45) is 12.2. The second-order valence-corrected chi connectivity index (χ2v) is 12.7. The summed E-state index contributed by atoms with van der Waals surface area (Å²) < 4.78 is 5.47. The normalized spacial score (nSPS) is 16.4. The Kier molecular flexibility index (Phi) is 11.5. The van der Waals surface area contributed by atoms with Crippen LogP contribution in [0.2, 0.25) is 0 Å². The Labute approximate surface area is 267 Å². The quantitative estimate of drug-likeness (QED) is 0.221. The molecule has 2 heterocycles. The van der Waals surface area contributed by atoms with Crippen LogP contribution in [0.25, 0.3) is 0 Å². The maximum absolute atomic E-state index is 13.5. The molecule has 2 amide bonds. The number of carboxylic acids is 1. The van der Waals surface area contributed by atoms with Crippen molar-refractivity contribution in [3.63, 3.8) is 0 Å². The van der Waals surface area contributed by atoms with Crippen LogP contribution in [0.5, 0.6) is 0 Å². The van der Waals surface area contributed by atoms with E-state index in [2.05, 4.69) is 4.90 Å². The van der Waals surface area contributed by atoms with Crippen molar-refractivity contribution in [2.45, 2.75) is 83.6 Å². The van der Waals surface area contributed by atoms with Crippen molar-refractivity contribution in [2.75, 3.05) is 36.0 Å². The largest absolute Gasteiger partial charge is 0.480 e. The second-order valence-electron chi connectivity index (χ2n) is 12.7. The number of furan rings is 1.